The van der Waals surface area contributed by atoms with Gasteiger partial charge in [0.1, 0.15) is 0 Å². The lowest BCUT2D eigenvalue weighted by molar-refractivity contribution is 0.0257. The molecular weight excluding hydrogens is 356 g/mol. The minimum Gasteiger partial charge on any atom is -0.303 e. The summed E-state index contributed by atoms with van der Waals surface area (Å²) in [7, 11) is 0. The largest absolute Gasteiger partial charge is 0.303 e. The van der Waals surface area contributed by atoms with Gasteiger partial charge in [0.05, 0.1) is 0 Å². The highest BCUT2D eigenvalue weighted by atomic mass is 15.3. The van der Waals surface area contributed by atoms with Crippen LogP contribution in [0, 0.1) is 11.3 Å². The van der Waals surface area contributed by atoms with Gasteiger partial charge in [0.2, 0.25) is 0 Å². The maximum absolute atomic E-state index is 2.86. The molecule has 4 heteroatoms. The van der Waals surface area contributed by atoms with Gasteiger partial charge in [-0.05, 0) is 96.3 Å². The third kappa shape index (κ3) is 5.75. The van der Waals surface area contributed by atoms with E-state index in [1.807, 2.05) is 0 Å². The molecule has 0 atom stereocenters. The Kier molecular flexibility index (Phi) is 7.26. The molecule has 3 saturated heterocycles. The Balaban J connectivity index is 1.15. The third-order valence-electron chi connectivity index (χ3n) is 8.53. The summed E-state index contributed by atoms with van der Waals surface area (Å²) in [6.07, 6.45) is 10.1. The Morgan fingerprint density at radius 3 is 1.69 bits per heavy atom. The van der Waals surface area contributed by atoms with Crippen molar-refractivity contribution in [3.8, 4) is 0 Å². The fraction of sp³-hybridized carbons (Fsp3) is 1.00. The van der Waals surface area contributed by atoms with Crippen LogP contribution >= 0.6 is 0 Å². The van der Waals surface area contributed by atoms with Gasteiger partial charge in [0.25, 0.3) is 0 Å². The minimum atomic E-state index is 0.707. The highest BCUT2D eigenvalue weighted by molar-refractivity contribution is 4.97. The van der Waals surface area contributed by atoms with Crippen LogP contribution in [0.3, 0.4) is 0 Å². The second kappa shape index (κ2) is 9.54. The van der Waals surface area contributed by atoms with Crippen molar-refractivity contribution in [2.24, 2.45) is 11.3 Å². The normalized spacial score (nSPS) is 29.2. The van der Waals surface area contributed by atoms with Gasteiger partial charge in [-0.2, -0.15) is 0 Å². The van der Waals surface area contributed by atoms with E-state index in [0.717, 1.165) is 18.0 Å². The molecule has 0 aromatic carbocycles. The van der Waals surface area contributed by atoms with Gasteiger partial charge < -0.3 is 9.80 Å². The molecule has 0 aromatic heterocycles. The van der Waals surface area contributed by atoms with E-state index in [1.165, 1.54) is 104 Å². The van der Waals surface area contributed by atoms with Gasteiger partial charge in [-0.25, -0.2) is 0 Å². The van der Waals surface area contributed by atoms with E-state index in [0.29, 0.717) is 11.5 Å². The van der Waals surface area contributed by atoms with E-state index in [-0.39, 0.29) is 0 Å². The summed E-state index contributed by atoms with van der Waals surface area (Å²) in [6, 6.07) is 2.43. The first-order valence-corrected chi connectivity index (χ1v) is 12.9. The molecular formula is C25H48N4. The number of piperidine rings is 2. The third-order valence-corrected chi connectivity index (χ3v) is 8.53. The maximum Gasteiger partial charge on any atom is 0.0121 e. The molecule has 0 N–H and O–H groups in total. The monoisotopic (exact) mass is 404 g/mol. The number of piperazine rings is 1. The number of likely N-dealkylation sites (tertiary alicyclic amines) is 2. The summed E-state index contributed by atoms with van der Waals surface area (Å²) in [4.78, 5) is 11.1. The van der Waals surface area contributed by atoms with Crippen molar-refractivity contribution in [1.82, 2.24) is 19.6 Å². The summed E-state index contributed by atoms with van der Waals surface area (Å²) in [5.41, 5.74) is 0.707. The first kappa shape index (κ1) is 22.0. The zero-order valence-electron chi connectivity index (χ0n) is 19.9. The molecule has 0 bridgehead atoms. The van der Waals surface area contributed by atoms with Crippen LogP contribution < -0.4 is 0 Å². The lowest BCUT2D eigenvalue weighted by Gasteiger charge is -2.46. The first-order chi connectivity index (χ1) is 13.9. The van der Waals surface area contributed by atoms with E-state index >= 15 is 0 Å². The van der Waals surface area contributed by atoms with Crippen LogP contribution in [-0.4, -0.2) is 96.6 Å². The van der Waals surface area contributed by atoms with Crippen LogP contribution in [0.2, 0.25) is 0 Å². The average Bonchev–Trinajstić information content (AvgIpc) is 3.47. The van der Waals surface area contributed by atoms with Crippen LogP contribution in [0.5, 0.6) is 0 Å². The highest BCUT2D eigenvalue weighted by Gasteiger charge is 2.44. The molecule has 4 aliphatic rings. The number of nitrogens with zero attached hydrogens (tertiary/aromatic N) is 4. The second-order valence-corrected chi connectivity index (χ2v) is 11.5. The smallest absolute Gasteiger partial charge is 0.0121 e. The summed E-state index contributed by atoms with van der Waals surface area (Å²) in [6.45, 7) is 21.4. The predicted molar refractivity (Wildman–Crippen MR) is 123 cm³/mol. The van der Waals surface area contributed by atoms with Crippen LogP contribution in [-0.2, 0) is 0 Å². The van der Waals surface area contributed by atoms with Crippen molar-refractivity contribution in [3.63, 3.8) is 0 Å². The minimum absolute atomic E-state index is 0.707. The Labute approximate surface area is 181 Å². The van der Waals surface area contributed by atoms with Crippen molar-refractivity contribution in [3.05, 3.63) is 0 Å². The van der Waals surface area contributed by atoms with Crippen molar-refractivity contribution >= 4 is 0 Å². The van der Waals surface area contributed by atoms with Crippen LogP contribution in [0.15, 0.2) is 0 Å². The summed E-state index contributed by atoms with van der Waals surface area (Å²) < 4.78 is 0. The van der Waals surface area contributed by atoms with E-state index in [1.54, 1.807) is 0 Å². The predicted octanol–water partition coefficient (Wildman–Crippen LogP) is 3.77. The van der Waals surface area contributed by atoms with Gasteiger partial charge in [0.15, 0.2) is 0 Å². The fourth-order valence-electron chi connectivity index (χ4n) is 6.62. The molecule has 0 spiro atoms. The zero-order valence-corrected chi connectivity index (χ0v) is 19.9. The standard InChI is InChI=1S/C25H48N4/c1-21(2)19-25(9-10-25)20-26-11-5-23(6-12-26)28-13-7-24(8-14-28)29-17-15-27(16-18-29)22(3)4/h21-24H,5-20H2,1-4H3. The second-order valence-electron chi connectivity index (χ2n) is 11.5. The number of hydrogen-bond acceptors (Lipinski definition) is 4. The first-order valence-electron chi connectivity index (χ1n) is 12.9. The Morgan fingerprint density at radius 1 is 0.690 bits per heavy atom. The van der Waals surface area contributed by atoms with Gasteiger partial charge in [-0.15, -0.1) is 0 Å². The lowest BCUT2D eigenvalue weighted by atomic mass is 9.92. The molecule has 1 saturated carbocycles. The topological polar surface area (TPSA) is 13.0 Å². The Morgan fingerprint density at radius 2 is 1.21 bits per heavy atom. The van der Waals surface area contributed by atoms with E-state index < -0.39 is 0 Å². The molecule has 4 rings (SSSR count). The molecule has 0 aromatic rings. The number of rotatable bonds is 7. The van der Waals surface area contributed by atoms with Crippen LogP contribution in [0.4, 0.5) is 0 Å². The zero-order chi connectivity index (χ0) is 20.4. The Hall–Kier alpha value is -0.160. The van der Waals surface area contributed by atoms with Crippen LogP contribution in [0.1, 0.15) is 72.6 Å². The fourth-order valence-corrected chi connectivity index (χ4v) is 6.62. The van der Waals surface area contributed by atoms with Crippen molar-refractivity contribution < 1.29 is 0 Å². The summed E-state index contributed by atoms with van der Waals surface area (Å²) in [5.74, 6) is 0.865. The highest BCUT2D eigenvalue weighted by Crippen LogP contribution is 2.51. The average molecular weight is 405 g/mol. The van der Waals surface area contributed by atoms with Gasteiger partial charge >= 0.3 is 0 Å². The molecule has 3 heterocycles. The van der Waals surface area contributed by atoms with E-state index in [2.05, 4.69) is 47.3 Å². The van der Waals surface area contributed by atoms with Gasteiger partial charge in [0, 0.05) is 50.8 Å². The SMILES string of the molecule is CC(C)CC1(CN2CCC(N3CCC(N4CCN(C(C)C)CC4)CC3)CC2)CC1. The molecule has 0 radical (unpaired) electrons. The maximum atomic E-state index is 2.86. The molecule has 3 aliphatic heterocycles. The lowest BCUT2D eigenvalue weighted by Crippen LogP contribution is -2.56. The van der Waals surface area contributed by atoms with Crippen molar-refractivity contribution in [2.75, 3.05) is 58.9 Å². The van der Waals surface area contributed by atoms with E-state index in [9.17, 15) is 0 Å². The molecule has 1 aliphatic carbocycles. The van der Waals surface area contributed by atoms with E-state index in [4.69, 9.17) is 0 Å². The number of hydrogen-bond donors (Lipinski definition) is 0. The molecule has 168 valence electrons. The molecule has 0 unspecified atom stereocenters. The quantitative estimate of drug-likeness (QED) is 0.640. The molecule has 0 amide bonds. The molecule has 29 heavy (non-hydrogen) atoms. The van der Waals surface area contributed by atoms with Crippen molar-refractivity contribution in [1.29, 1.82) is 0 Å². The Bertz CT molecular complexity index is 491. The molecule has 4 fully saturated rings. The molecule has 4 nitrogen and oxygen atoms in total. The van der Waals surface area contributed by atoms with Gasteiger partial charge in [-0.1, -0.05) is 13.8 Å². The van der Waals surface area contributed by atoms with Crippen molar-refractivity contribution in [2.45, 2.75) is 90.8 Å². The summed E-state index contributed by atoms with van der Waals surface area (Å²) >= 11 is 0. The van der Waals surface area contributed by atoms with Gasteiger partial charge in [-0.3, -0.25) is 9.80 Å². The van der Waals surface area contributed by atoms with Crippen LogP contribution in [0.25, 0.3) is 0 Å². The summed E-state index contributed by atoms with van der Waals surface area (Å²) in [5, 5.41) is 0.